The molecule has 12 rings (SSSR count). The highest BCUT2D eigenvalue weighted by Crippen LogP contribution is 2.52. The highest BCUT2D eigenvalue weighted by Gasteiger charge is 2.36. The van der Waals surface area contributed by atoms with E-state index in [9.17, 15) is 0 Å². The van der Waals surface area contributed by atoms with Gasteiger partial charge in [-0.05, 0) is 97.4 Å². The van der Waals surface area contributed by atoms with Crippen LogP contribution in [-0.4, -0.2) is 14.5 Å². The third kappa shape index (κ3) is 5.15. The Morgan fingerprint density at radius 2 is 1.03 bits per heavy atom. The molecule has 3 heteroatoms. The molecule has 0 spiro atoms. The summed E-state index contributed by atoms with van der Waals surface area (Å²) in [5, 5.41) is 7.25. The lowest BCUT2D eigenvalue weighted by molar-refractivity contribution is 0.661. The van der Waals surface area contributed by atoms with E-state index in [4.69, 9.17) is 9.97 Å². The molecule has 0 amide bonds. The number of rotatable bonds is 5. The number of nitrogens with zero attached hydrogens (tertiary/aromatic N) is 3. The van der Waals surface area contributed by atoms with Gasteiger partial charge < -0.3 is 4.57 Å². The SMILES string of the molecule is CC1(C)c2ccc(-c3ccc(-c4nc(-c5ccccc5)cc(-c5cccc6c5c5ccccc5n6-c5ccccc5)n4)c4ccccc34)cc2-c2c1ccc1ccccc21. The van der Waals surface area contributed by atoms with Crippen molar-refractivity contribution in [2.75, 3.05) is 0 Å². The average Bonchev–Trinajstić information content (AvgIpc) is 3.77. The molecule has 0 radical (unpaired) electrons. The molecule has 0 atom stereocenters. The van der Waals surface area contributed by atoms with Gasteiger partial charge in [-0.1, -0.05) is 172 Å². The van der Waals surface area contributed by atoms with Gasteiger partial charge in [0.05, 0.1) is 22.4 Å². The summed E-state index contributed by atoms with van der Waals surface area (Å²) in [7, 11) is 0. The predicted octanol–water partition coefficient (Wildman–Crippen LogP) is 14.9. The average molecular weight is 766 g/mol. The van der Waals surface area contributed by atoms with E-state index in [1.54, 1.807) is 0 Å². The summed E-state index contributed by atoms with van der Waals surface area (Å²) in [6.45, 7) is 4.71. The Morgan fingerprint density at radius 3 is 1.85 bits per heavy atom. The van der Waals surface area contributed by atoms with Gasteiger partial charge in [0, 0.05) is 38.6 Å². The number of para-hydroxylation sites is 2. The molecule has 0 saturated carbocycles. The van der Waals surface area contributed by atoms with E-state index in [0.29, 0.717) is 5.82 Å². The maximum atomic E-state index is 5.49. The molecule has 1 aliphatic rings. The van der Waals surface area contributed by atoms with Crippen LogP contribution in [-0.2, 0) is 5.41 Å². The molecule has 9 aromatic carbocycles. The lowest BCUT2D eigenvalue weighted by atomic mass is 9.81. The fourth-order valence-corrected chi connectivity index (χ4v) is 9.99. The Kier molecular flexibility index (Phi) is 7.58. The summed E-state index contributed by atoms with van der Waals surface area (Å²) in [6, 6.07) is 72.3. The minimum atomic E-state index is -0.0846. The van der Waals surface area contributed by atoms with Crippen LogP contribution in [0.2, 0.25) is 0 Å². The van der Waals surface area contributed by atoms with Gasteiger partial charge in [-0.25, -0.2) is 9.97 Å². The zero-order valence-electron chi connectivity index (χ0n) is 33.4. The maximum Gasteiger partial charge on any atom is 0.161 e. The zero-order chi connectivity index (χ0) is 40.0. The monoisotopic (exact) mass is 765 g/mol. The highest BCUT2D eigenvalue weighted by atomic mass is 15.0. The molecule has 11 aromatic rings. The lowest BCUT2D eigenvalue weighted by Gasteiger charge is -2.21. The van der Waals surface area contributed by atoms with Crippen molar-refractivity contribution in [2.24, 2.45) is 0 Å². The molecule has 0 unspecified atom stereocenters. The first-order valence-corrected chi connectivity index (χ1v) is 20.7. The quantitative estimate of drug-likeness (QED) is 0.175. The first-order valence-electron chi connectivity index (χ1n) is 20.7. The second-order valence-electron chi connectivity index (χ2n) is 16.5. The molecule has 0 bridgehead atoms. The summed E-state index contributed by atoms with van der Waals surface area (Å²) >= 11 is 0. The van der Waals surface area contributed by atoms with Crippen LogP contribution in [0.25, 0.3) is 105 Å². The third-order valence-corrected chi connectivity index (χ3v) is 12.8. The number of hydrogen-bond acceptors (Lipinski definition) is 2. The van der Waals surface area contributed by atoms with Gasteiger partial charge in [0.25, 0.3) is 0 Å². The molecule has 2 heterocycles. The molecule has 3 nitrogen and oxygen atoms in total. The molecular weight excluding hydrogens is 727 g/mol. The van der Waals surface area contributed by atoms with Crippen LogP contribution in [0.15, 0.2) is 200 Å². The lowest BCUT2D eigenvalue weighted by Crippen LogP contribution is -2.14. The van der Waals surface area contributed by atoms with Crippen molar-refractivity contribution in [2.45, 2.75) is 19.3 Å². The molecule has 1 aliphatic carbocycles. The van der Waals surface area contributed by atoms with Crippen LogP contribution in [0.3, 0.4) is 0 Å². The minimum Gasteiger partial charge on any atom is -0.309 e. The number of hydrogen-bond donors (Lipinski definition) is 0. The molecule has 282 valence electrons. The minimum absolute atomic E-state index is 0.0846. The smallest absolute Gasteiger partial charge is 0.161 e. The zero-order valence-corrected chi connectivity index (χ0v) is 33.4. The van der Waals surface area contributed by atoms with Crippen LogP contribution in [0.4, 0.5) is 0 Å². The second-order valence-corrected chi connectivity index (χ2v) is 16.5. The summed E-state index contributed by atoms with van der Waals surface area (Å²) in [6.07, 6.45) is 0. The summed E-state index contributed by atoms with van der Waals surface area (Å²) in [4.78, 5) is 10.8. The fraction of sp³-hybridized carbons (Fsp3) is 0.0526. The van der Waals surface area contributed by atoms with Gasteiger partial charge in [0.1, 0.15) is 0 Å². The van der Waals surface area contributed by atoms with E-state index in [1.165, 1.54) is 60.3 Å². The summed E-state index contributed by atoms with van der Waals surface area (Å²) in [5.74, 6) is 0.703. The Hall–Kier alpha value is -7.62. The van der Waals surface area contributed by atoms with Gasteiger partial charge >= 0.3 is 0 Å². The Labute approximate surface area is 348 Å². The molecule has 0 fully saturated rings. The normalized spacial score (nSPS) is 13.0. The van der Waals surface area contributed by atoms with Gasteiger partial charge in [-0.15, -0.1) is 0 Å². The molecule has 2 aromatic heterocycles. The van der Waals surface area contributed by atoms with Crippen molar-refractivity contribution in [1.82, 2.24) is 14.5 Å². The van der Waals surface area contributed by atoms with Crippen molar-refractivity contribution in [3.8, 4) is 61.8 Å². The Morgan fingerprint density at radius 1 is 0.400 bits per heavy atom. The largest absolute Gasteiger partial charge is 0.309 e. The first kappa shape index (κ1) is 34.4. The predicted molar refractivity (Wildman–Crippen MR) is 251 cm³/mol. The molecule has 0 N–H and O–H groups in total. The van der Waals surface area contributed by atoms with Crippen molar-refractivity contribution in [3.05, 3.63) is 211 Å². The van der Waals surface area contributed by atoms with E-state index >= 15 is 0 Å². The topological polar surface area (TPSA) is 30.7 Å². The maximum absolute atomic E-state index is 5.49. The van der Waals surface area contributed by atoms with Crippen molar-refractivity contribution in [3.63, 3.8) is 0 Å². The Balaban J connectivity index is 1.06. The van der Waals surface area contributed by atoms with Crippen molar-refractivity contribution >= 4 is 43.4 Å². The Bertz CT molecular complexity index is 3500. The molecule has 0 aliphatic heterocycles. The van der Waals surface area contributed by atoms with Crippen molar-refractivity contribution < 1.29 is 0 Å². The number of aromatic nitrogens is 3. The van der Waals surface area contributed by atoms with Gasteiger partial charge in [0.15, 0.2) is 5.82 Å². The number of benzene rings is 9. The van der Waals surface area contributed by atoms with Gasteiger partial charge in [-0.2, -0.15) is 0 Å². The molecule has 0 saturated heterocycles. The van der Waals surface area contributed by atoms with Crippen LogP contribution in [0.1, 0.15) is 25.0 Å². The van der Waals surface area contributed by atoms with E-state index in [0.717, 1.165) is 50.2 Å². The van der Waals surface area contributed by atoms with E-state index in [-0.39, 0.29) is 5.41 Å². The second kappa shape index (κ2) is 13.2. The molecule has 60 heavy (non-hydrogen) atoms. The van der Waals surface area contributed by atoms with Gasteiger partial charge in [-0.3, -0.25) is 0 Å². The van der Waals surface area contributed by atoms with Crippen LogP contribution in [0, 0.1) is 0 Å². The van der Waals surface area contributed by atoms with Gasteiger partial charge in [0.2, 0.25) is 0 Å². The first-order chi connectivity index (χ1) is 29.5. The third-order valence-electron chi connectivity index (χ3n) is 12.8. The number of fused-ring (bicyclic) bond motifs is 9. The standard InChI is InChI=1S/C57H39N3/c1-57(2)48-32-29-38(34-47(48)54-41-21-10-9-16-36(41)28-33-49(54)57)40-30-31-44(43-23-12-11-22-42(40)43)56-58-50(37-17-5-3-6-18-37)35-51(59-56)45-25-15-27-53-55(45)46-24-13-14-26-52(46)60(53)39-19-7-4-8-20-39/h3-35H,1-2H3. The molecular formula is C57H39N3. The van der Waals surface area contributed by atoms with Crippen molar-refractivity contribution in [1.29, 1.82) is 0 Å². The van der Waals surface area contributed by atoms with Crippen LogP contribution in [0.5, 0.6) is 0 Å². The fourth-order valence-electron chi connectivity index (χ4n) is 9.99. The van der Waals surface area contributed by atoms with E-state index in [1.807, 2.05) is 0 Å². The van der Waals surface area contributed by atoms with Crippen LogP contribution < -0.4 is 0 Å². The van der Waals surface area contributed by atoms with E-state index < -0.39 is 0 Å². The summed E-state index contributed by atoms with van der Waals surface area (Å²) < 4.78 is 2.36. The summed E-state index contributed by atoms with van der Waals surface area (Å²) in [5.41, 5.74) is 16.1. The van der Waals surface area contributed by atoms with Crippen LogP contribution >= 0.6 is 0 Å². The van der Waals surface area contributed by atoms with E-state index in [2.05, 4.69) is 219 Å². The highest BCUT2D eigenvalue weighted by molar-refractivity contribution is 6.16.